The van der Waals surface area contributed by atoms with Crippen LogP contribution >= 0.6 is 0 Å². The monoisotopic (exact) mass is 561 g/mol. The highest BCUT2D eigenvalue weighted by atomic mass is 15.1. The number of hydrogen-bond donors (Lipinski definition) is 0. The summed E-state index contributed by atoms with van der Waals surface area (Å²) in [7, 11) is 0. The zero-order chi connectivity index (χ0) is 29.5. The van der Waals surface area contributed by atoms with Crippen molar-refractivity contribution in [1.82, 2.24) is 0 Å². The SMILES string of the molecule is Cc1ccc(N(c2ccccc2)c2ccc(-c3cc4cc(-c5ccccc5)c5ccccc5c4c4ccccc34)cc2)cc1. The number of aryl methyl sites for hydroxylation is 1. The van der Waals surface area contributed by atoms with Crippen LogP contribution < -0.4 is 4.90 Å². The van der Waals surface area contributed by atoms with E-state index in [1.807, 2.05) is 0 Å². The van der Waals surface area contributed by atoms with E-state index >= 15 is 0 Å². The van der Waals surface area contributed by atoms with Crippen molar-refractivity contribution in [3.63, 3.8) is 0 Å². The maximum atomic E-state index is 2.39. The summed E-state index contributed by atoms with van der Waals surface area (Å²) >= 11 is 0. The molecule has 0 saturated heterocycles. The standard InChI is InChI=1S/C43H31N/c1-30-20-24-35(25-21-30)44(34-14-6-3-7-15-34)36-26-22-32(23-27-36)42-29-33-28-41(31-12-4-2-5-13-31)37-16-8-10-18-39(37)43(33)40-19-11-9-17-38(40)42/h2-29H,1H3. The average molecular weight is 562 g/mol. The van der Waals surface area contributed by atoms with E-state index in [1.54, 1.807) is 0 Å². The number of anilines is 3. The highest BCUT2D eigenvalue weighted by molar-refractivity contribution is 6.25. The molecule has 208 valence electrons. The Morgan fingerprint density at radius 2 is 0.773 bits per heavy atom. The van der Waals surface area contributed by atoms with E-state index in [0.29, 0.717) is 0 Å². The fourth-order valence-electron chi connectivity index (χ4n) is 6.58. The first-order valence-electron chi connectivity index (χ1n) is 15.2. The zero-order valence-corrected chi connectivity index (χ0v) is 24.6. The molecule has 0 N–H and O–H groups in total. The lowest BCUT2D eigenvalue weighted by Gasteiger charge is -2.26. The van der Waals surface area contributed by atoms with Crippen LogP contribution in [-0.4, -0.2) is 0 Å². The Morgan fingerprint density at radius 3 is 1.32 bits per heavy atom. The molecular weight excluding hydrogens is 530 g/mol. The summed E-state index contributed by atoms with van der Waals surface area (Å²) in [5.41, 5.74) is 9.62. The molecule has 0 atom stereocenters. The summed E-state index contributed by atoms with van der Waals surface area (Å²) in [6.45, 7) is 2.13. The smallest absolute Gasteiger partial charge is 0.0462 e. The van der Waals surface area contributed by atoms with Crippen LogP contribution in [0.25, 0.3) is 54.6 Å². The van der Waals surface area contributed by atoms with Gasteiger partial charge in [-0.2, -0.15) is 0 Å². The summed E-state index contributed by atoms with van der Waals surface area (Å²) in [6, 6.07) is 61.6. The van der Waals surface area contributed by atoms with Crippen LogP contribution in [-0.2, 0) is 0 Å². The number of hydrogen-bond acceptors (Lipinski definition) is 1. The minimum absolute atomic E-state index is 1.13. The molecule has 0 aromatic heterocycles. The molecule has 0 amide bonds. The second-order valence-corrected chi connectivity index (χ2v) is 11.5. The van der Waals surface area contributed by atoms with Gasteiger partial charge in [0, 0.05) is 17.1 Å². The minimum atomic E-state index is 1.13. The highest BCUT2D eigenvalue weighted by Crippen LogP contribution is 2.43. The van der Waals surface area contributed by atoms with Crippen molar-refractivity contribution in [3.8, 4) is 22.3 Å². The molecular formula is C43H31N. The first-order chi connectivity index (χ1) is 21.7. The lowest BCUT2D eigenvalue weighted by Crippen LogP contribution is -2.09. The Balaban J connectivity index is 1.32. The van der Waals surface area contributed by atoms with E-state index < -0.39 is 0 Å². The molecule has 0 heterocycles. The third-order valence-electron chi connectivity index (χ3n) is 8.69. The molecule has 0 aliphatic rings. The Kier molecular flexibility index (Phi) is 6.43. The normalized spacial score (nSPS) is 11.3. The Morgan fingerprint density at radius 1 is 0.364 bits per heavy atom. The van der Waals surface area contributed by atoms with Crippen LogP contribution in [0.2, 0.25) is 0 Å². The lowest BCUT2D eigenvalue weighted by atomic mass is 9.87. The predicted octanol–water partition coefficient (Wildman–Crippen LogP) is 12.3. The number of para-hydroxylation sites is 1. The van der Waals surface area contributed by atoms with Gasteiger partial charge in [0.05, 0.1) is 0 Å². The van der Waals surface area contributed by atoms with Crippen LogP contribution in [0.3, 0.4) is 0 Å². The molecule has 1 heteroatoms. The zero-order valence-electron chi connectivity index (χ0n) is 24.6. The first kappa shape index (κ1) is 26.0. The number of nitrogens with zero attached hydrogens (tertiary/aromatic N) is 1. The van der Waals surface area contributed by atoms with E-state index in [1.165, 1.54) is 60.1 Å². The highest BCUT2D eigenvalue weighted by Gasteiger charge is 2.16. The molecule has 44 heavy (non-hydrogen) atoms. The lowest BCUT2D eigenvalue weighted by molar-refractivity contribution is 1.28. The van der Waals surface area contributed by atoms with Gasteiger partial charge in [0.15, 0.2) is 0 Å². The van der Waals surface area contributed by atoms with E-state index in [9.17, 15) is 0 Å². The van der Waals surface area contributed by atoms with Gasteiger partial charge in [0.1, 0.15) is 0 Å². The minimum Gasteiger partial charge on any atom is -0.311 e. The summed E-state index contributed by atoms with van der Waals surface area (Å²) < 4.78 is 0. The van der Waals surface area contributed by atoms with Gasteiger partial charge in [-0.05, 0) is 110 Å². The molecule has 1 nitrogen and oxygen atoms in total. The molecule has 0 unspecified atom stereocenters. The van der Waals surface area contributed by atoms with Gasteiger partial charge in [-0.1, -0.05) is 127 Å². The second kappa shape index (κ2) is 10.9. The third-order valence-corrected chi connectivity index (χ3v) is 8.69. The van der Waals surface area contributed by atoms with Crippen molar-refractivity contribution < 1.29 is 0 Å². The largest absolute Gasteiger partial charge is 0.311 e. The molecule has 8 aromatic rings. The topological polar surface area (TPSA) is 3.24 Å². The molecule has 0 bridgehead atoms. The van der Waals surface area contributed by atoms with Gasteiger partial charge in [-0.25, -0.2) is 0 Å². The van der Waals surface area contributed by atoms with Crippen LogP contribution in [0, 0.1) is 6.92 Å². The number of benzene rings is 8. The fraction of sp³-hybridized carbons (Fsp3) is 0.0233. The molecule has 0 saturated carbocycles. The van der Waals surface area contributed by atoms with Crippen LogP contribution in [0.1, 0.15) is 5.56 Å². The third kappa shape index (κ3) is 4.51. The van der Waals surface area contributed by atoms with Crippen LogP contribution in [0.4, 0.5) is 17.1 Å². The van der Waals surface area contributed by atoms with Crippen molar-refractivity contribution in [1.29, 1.82) is 0 Å². The van der Waals surface area contributed by atoms with E-state index in [0.717, 1.165) is 17.1 Å². The quantitative estimate of drug-likeness (QED) is 0.189. The number of fused-ring (bicyclic) bond motifs is 5. The summed E-state index contributed by atoms with van der Waals surface area (Å²) in [4.78, 5) is 2.32. The van der Waals surface area contributed by atoms with Crippen LogP contribution in [0.5, 0.6) is 0 Å². The van der Waals surface area contributed by atoms with Crippen molar-refractivity contribution in [2.24, 2.45) is 0 Å². The Hall–Kier alpha value is -5.66. The predicted molar refractivity (Wildman–Crippen MR) is 189 cm³/mol. The molecule has 0 aliphatic heterocycles. The van der Waals surface area contributed by atoms with Crippen LogP contribution in [0.15, 0.2) is 170 Å². The van der Waals surface area contributed by atoms with E-state index in [4.69, 9.17) is 0 Å². The van der Waals surface area contributed by atoms with Gasteiger partial charge < -0.3 is 4.90 Å². The molecule has 8 aromatic carbocycles. The molecule has 0 radical (unpaired) electrons. The Labute approximate surface area is 258 Å². The molecule has 0 fully saturated rings. The van der Waals surface area contributed by atoms with Crippen molar-refractivity contribution >= 4 is 49.4 Å². The number of rotatable bonds is 5. The molecule has 0 spiro atoms. The molecule has 8 rings (SSSR count). The second-order valence-electron chi connectivity index (χ2n) is 11.5. The Bertz CT molecular complexity index is 2250. The van der Waals surface area contributed by atoms with Gasteiger partial charge >= 0.3 is 0 Å². The maximum Gasteiger partial charge on any atom is 0.0462 e. The van der Waals surface area contributed by atoms with Gasteiger partial charge in [0.2, 0.25) is 0 Å². The van der Waals surface area contributed by atoms with Gasteiger partial charge in [-0.3, -0.25) is 0 Å². The maximum absolute atomic E-state index is 2.39. The van der Waals surface area contributed by atoms with Gasteiger partial charge in [0.25, 0.3) is 0 Å². The van der Waals surface area contributed by atoms with Gasteiger partial charge in [-0.15, -0.1) is 0 Å². The average Bonchev–Trinajstić information content (AvgIpc) is 3.09. The molecule has 0 aliphatic carbocycles. The van der Waals surface area contributed by atoms with Crippen molar-refractivity contribution in [2.75, 3.05) is 4.90 Å². The van der Waals surface area contributed by atoms with E-state index in [2.05, 4.69) is 182 Å². The fourth-order valence-corrected chi connectivity index (χ4v) is 6.58. The summed E-state index contributed by atoms with van der Waals surface area (Å²) in [5, 5.41) is 7.69. The van der Waals surface area contributed by atoms with E-state index in [-0.39, 0.29) is 0 Å². The summed E-state index contributed by atoms with van der Waals surface area (Å²) in [5.74, 6) is 0. The summed E-state index contributed by atoms with van der Waals surface area (Å²) in [6.07, 6.45) is 0. The van der Waals surface area contributed by atoms with Crippen molar-refractivity contribution in [2.45, 2.75) is 6.92 Å². The van der Waals surface area contributed by atoms with Crippen molar-refractivity contribution in [3.05, 3.63) is 175 Å². The first-order valence-corrected chi connectivity index (χ1v) is 15.2.